The molecule has 0 aliphatic heterocycles. The van der Waals surface area contributed by atoms with Crippen LogP contribution in [0.3, 0.4) is 0 Å². The lowest BCUT2D eigenvalue weighted by Gasteiger charge is -2.07. The van der Waals surface area contributed by atoms with Crippen LogP contribution in [0.4, 0.5) is 0 Å². The first-order valence-corrected chi connectivity index (χ1v) is 8.58. The first kappa shape index (κ1) is 15.6. The second-order valence-electron chi connectivity index (χ2n) is 5.56. The van der Waals surface area contributed by atoms with E-state index in [0.29, 0.717) is 11.3 Å². The van der Waals surface area contributed by atoms with Gasteiger partial charge in [-0.25, -0.2) is 9.97 Å². The zero-order chi connectivity index (χ0) is 16.4. The van der Waals surface area contributed by atoms with Crippen LogP contribution >= 0.6 is 11.8 Å². The number of hydrogen-bond acceptors (Lipinski definition) is 4. The molecule has 0 bridgehead atoms. The van der Waals surface area contributed by atoms with Crippen molar-refractivity contribution in [2.24, 2.45) is 0 Å². The third-order valence-corrected chi connectivity index (χ3v) is 4.77. The van der Waals surface area contributed by atoms with Crippen LogP contribution < -0.4 is 0 Å². The van der Waals surface area contributed by atoms with Crippen molar-refractivity contribution in [1.82, 2.24) is 15.0 Å². The molecular formula is C18H18N4S. The molecule has 3 rings (SSSR count). The normalized spacial score (nSPS) is 10.9. The Labute approximate surface area is 140 Å². The van der Waals surface area contributed by atoms with Crippen LogP contribution in [0.2, 0.25) is 0 Å². The summed E-state index contributed by atoms with van der Waals surface area (Å²) in [4.78, 5) is 12.6. The van der Waals surface area contributed by atoms with Crippen molar-refractivity contribution in [2.75, 3.05) is 0 Å². The number of imidazole rings is 1. The lowest BCUT2D eigenvalue weighted by atomic mass is 10.1. The van der Waals surface area contributed by atoms with Crippen molar-refractivity contribution < 1.29 is 0 Å². The Kier molecular flexibility index (Phi) is 4.35. The number of aromatic amines is 1. The van der Waals surface area contributed by atoms with E-state index in [1.165, 1.54) is 5.56 Å². The summed E-state index contributed by atoms with van der Waals surface area (Å²) in [5.74, 6) is 1.57. The van der Waals surface area contributed by atoms with E-state index >= 15 is 0 Å². The van der Waals surface area contributed by atoms with E-state index in [4.69, 9.17) is 0 Å². The average molecular weight is 322 g/mol. The molecule has 0 aliphatic rings. The summed E-state index contributed by atoms with van der Waals surface area (Å²) in [6.45, 7) is 6.15. The van der Waals surface area contributed by atoms with Gasteiger partial charge in [0.15, 0.2) is 0 Å². The average Bonchev–Trinajstić information content (AvgIpc) is 2.95. The van der Waals surface area contributed by atoms with Gasteiger partial charge in [0, 0.05) is 5.69 Å². The quantitative estimate of drug-likeness (QED) is 0.727. The molecule has 0 saturated heterocycles. The fraction of sp³-hybridized carbons (Fsp3) is 0.278. The largest absolute Gasteiger partial charge is 0.341 e. The predicted molar refractivity (Wildman–Crippen MR) is 93.5 cm³/mol. The fourth-order valence-electron chi connectivity index (χ4n) is 2.56. The van der Waals surface area contributed by atoms with Gasteiger partial charge in [0.25, 0.3) is 0 Å². The van der Waals surface area contributed by atoms with Crippen LogP contribution in [0.1, 0.15) is 35.1 Å². The van der Waals surface area contributed by atoms with Crippen LogP contribution in [0, 0.1) is 25.2 Å². The number of pyridine rings is 1. The van der Waals surface area contributed by atoms with Crippen molar-refractivity contribution in [1.29, 1.82) is 5.26 Å². The van der Waals surface area contributed by atoms with E-state index < -0.39 is 0 Å². The molecule has 23 heavy (non-hydrogen) atoms. The topological polar surface area (TPSA) is 65.4 Å². The van der Waals surface area contributed by atoms with E-state index in [1.807, 2.05) is 19.1 Å². The van der Waals surface area contributed by atoms with E-state index in [2.05, 4.69) is 47.0 Å². The highest BCUT2D eigenvalue weighted by atomic mass is 32.2. The monoisotopic (exact) mass is 322 g/mol. The SMILES string of the molecule is CCc1nc(SCc2nc3ccc(C)cc3[nH]2)c(C#N)cc1C. The maximum Gasteiger partial charge on any atom is 0.117 e. The number of nitrogens with one attached hydrogen (secondary N) is 1. The summed E-state index contributed by atoms with van der Waals surface area (Å²) < 4.78 is 0. The highest BCUT2D eigenvalue weighted by Crippen LogP contribution is 2.26. The van der Waals surface area contributed by atoms with Gasteiger partial charge in [0.2, 0.25) is 0 Å². The molecule has 0 amide bonds. The highest BCUT2D eigenvalue weighted by Gasteiger charge is 2.11. The molecule has 1 N–H and O–H groups in total. The van der Waals surface area contributed by atoms with Crippen molar-refractivity contribution in [2.45, 2.75) is 38.0 Å². The summed E-state index contributed by atoms with van der Waals surface area (Å²) in [6.07, 6.45) is 0.870. The Bertz CT molecular complexity index is 905. The van der Waals surface area contributed by atoms with Gasteiger partial charge in [-0.15, -0.1) is 0 Å². The van der Waals surface area contributed by atoms with Gasteiger partial charge in [0.1, 0.15) is 16.9 Å². The number of rotatable bonds is 4. The smallest absolute Gasteiger partial charge is 0.117 e. The third-order valence-electron chi connectivity index (χ3n) is 3.77. The summed E-state index contributed by atoms with van der Waals surface area (Å²) in [6, 6.07) is 10.3. The molecule has 3 aromatic rings. The molecule has 4 nitrogen and oxygen atoms in total. The fourth-order valence-corrected chi connectivity index (χ4v) is 3.41. The summed E-state index contributed by atoms with van der Waals surface area (Å²) in [7, 11) is 0. The molecule has 116 valence electrons. The standard InChI is InChI=1S/C18H18N4S/c1-4-14-12(3)8-13(9-19)18(22-14)23-10-17-20-15-6-5-11(2)7-16(15)21-17/h5-8H,4,10H2,1-3H3,(H,20,21). The molecule has 1 aromatic carbocycles. The van der Waals surface area contributed by atoms with E-state index in [9.17, 15) is 5.26 Å². The second-order valence-corrected chi connectivity index (χ2v) is 6.53. The molecule has 0 spiro atoms. The van der Waals surface area contributed by atoms with Crippen molar-refractivity contribution in [3.05, 3.63) is 52.5 Å². The molecular weight excluding hydrogens is 304 g/mol. The number of nitrogens with zero attached hydrogens (tertiary/aromatic N) is 3. The van der Waals surface area contributed by atoms with Gasteiger partial charge in [-0.3, -0.25) is 0 Å². The van der Waals surface area contributed by atoms with Gasteiger partial charge >= 0.3 is 0 Å². The van der Waals surface area contributed by atoms with Gasteiger partial charge in [-0.05, 0) is 49.6 Å². The molecule has 0 saturated carbocycles. The second kappa shape index (κ2) is 6.43. The number of thioether (sulfide) groups is 1. The number of aromatic nitrogens is 3. The van der Waals surface area contributed by atoms with Crippen LogP contribution in [0.25, 0.3) is 11.0 Å². The lowest BCUT2D eigenvalue weighted by molar-refractivity contribution is 0.940. The molecule has 2 aromatic heterocycles. The number of nitriles is 1. The van der Waals surface area contributed by atoms with Gasteiger partial charge < -0.3 is 4.98 Å². The van der Waals surface area contributed by atoms with Gasteiger partial charge in [0.05, 0.1) is 22.3 Å². The van der Waals surface area contributed by atoms with Crippen LogP contribution in [0.15, 0.2) is 29.3 Å². The minimum atomic E-state index is 0.636. The number of H-pyrrole nitrogens is 1. The van der Waals surface area contributed by atoms with Crippen LogP contribution in [-0.2, 0) is 12.2 Å². The Balaban J connectivity index is 1.85. The summed E-state index contributed by atoms with van der Waals surface area (Å²) in [5, 5.41) is 10.1. The molecule has 0 fully saturated rings. The minimum Gasteiger partial charge on any atom is -0.341 e. The molecule has 0 unspecified atom stereocenters. The van der Waals surface area contributed by atoms with E-state index in [0.717, 1.165) is 39.6 Å². The third kappa shape index (κ3) is 3.22. The van der Waals surface area contributed by atoms with E-state index in [-0.39, 0.29) is 0 Å². The summed E-state index contributed by atoms with van der Waals surface area (Å²) in [5.41, 5.74) is 5.99. The molecule has 0 atom stereocenters. The maximum atomic E-state index is 9.32. The van der Waals surface area contributed by atoms with Crippen LogP contribution in [-0.4, -0.2) is 15.0 Å². The zero-order valence-electron chi connectivity index (χ0n) is 13.5. The molecule has 5 heteroatoms. The first-order chi connectivity index (χ1) is 11.1. The van der Waals surface area contributed by atoms with Crippen molar-refractivity contribution in [3.8, 4) is 6.07 Å². The number of fused-ring (bicyclic) bond motifs is 1. The van der Waals surface area contributed by atoms with Gasteiger partial charge in [-0.2, -0.15) is 5.26 Å². The van der Waals surface area contributed by atoms with Gasteiger partial charge in [-0.1, -0.05) is 24.8 Å². The Morgan fingerprint density at radius 1 is 1.22 bits per heavy atom. The number of hydrogen-bond donors (Lipinski definition) is 1. The first-order valence-electron chi connectivity index (χ1n) is 7.59. The van der Waals surface area contributed by atoms with E-state index in [1.54, 1.807) is 11.8 Å². The number of benzene rings is 1. The van der Waals surface area contributed by atoms with Crippen molar-refractivity contribution >= 4 is 22.8 Å². The Morgan fingerprint density at radius 2 is 2.04 bits per heavy atom. The molecule has 0 aliphatic carbocycles. The van der Waals surface area contributed by atoms with Crippen LogP contribution in [0.5, 0.6) is 0 Å². The highest BCUT2D eigenvalue weighted by molar-refractivity contribution is 7.98. The van der Waals surface area contributed by atoms with Crippen molar-refractivity contribution in [3.63, 3.8) is 0 Å². The summed E-state index contributed by atoms with van der Waals surface area (Å²) >= 11 is 1.56. The molecule has 0 radical (unpaired) electrons. The zero-order valence-corrected chi connectivity index (χ0v) is 14.3. The predicted octanol–water partition coefficient (Wildman–Crippen LogP) is 4.30. The maximum absolute atomic E-state index is 9.32. The Hall–Kier alpha value is -2.32. The Morgan fingerprint density at radius 3 is 2.78 bits per heavy atom. The lowest BCUT2D eigenvalue weighted by Crippen LogP contribution is -1.98. The number of aryl methyl sites for hydroxylation is 3. The minimum absolute atomic E-state index is 0.636. The molecule has 2 heterocycles.